The van der Waals surface area contributed by atoms with Crippen molar-refractivity contribution in [1.29, 1.82) is 0 Å². The van der Waals surface area contributed by atoms with E-state index >= 15 is 0 Å². The summed E-state index contributed by atoms with van der Waals surface area (Å²) in [5.74, 6) is 8.16. The number of anilines is 1. The molecule has 0 heterocycles. The fourth-order valence-electron chi connectivity index (χ4n) is 4.38. The molecular formula is C33H40N2O2. The molecule has 2 atom stereocenters. The van der Waals surface area contributed by atoms with Gasteiger partial charge in [-0.05, 0) is 78.8 Å². The maximum atomic E-state index is 13.2. The van der Waals surface area contributed by atoms with Crippen molar-refractivity contribution in [2.45, 2.75) is 52.4 Å². The molecule has 1 N–H and O–H groups in total. The van der Waals surface area contributed by atoms with Gasteiger partial charge < -0.3 is 15.0 Å². The van der Waals surface area contributed by atoms with Crippen molar-refractivity contribution in [1.82, 2.24) is 4.90 Å². The molecule has 4 nitrogen and oxygen atoms in total. The van der Waals surface area contributed by atoms with Crippen molar-refractivity contribution < 1.29 is 9.53 Å². The molecular weight excluding hydrogens is 456 g/mol. The summed E-state index contributed by atoms with van der Waals surface area (Å²) in [5.41, 5.74) is 4.12. The molecule has 0 aliphatic heterocycles. The van der Waals surface area contributed by atoms with Crippen molar-refractivity contribution in [3.63, 3.8) is 0 Å². The highest BCUT2D eigenvalue weighted by atomic mass is 16.5. The first-order valence-corrected chi connectivity index (χ1v) is 13.4. The Bertz CT molecular complexity index is 1140. The van der Waals surface area contributed by atoms with Crippen LogP contribution >= 0.6 is 0 Å². The first kappa shape index (κ1) is 27.9. The summed E-state index contributed by atoms with van der Waals surface area (Å²) >= 11 is 0. The largest absolute Gasteiger partial charge is 0.497 e. The summed E-state index contributed by atoms with van der Waals surface area (Å²) in [7, 11) is 1.64. The second kappa shape index (κ2) is 14.8. The molecule has 0 fully saturated rings. The van der Waals surface area contributed by atoms with Gasteiger partial charge in [0.2, 0.25) is 0 Å². The highest BCUT2D eigenvalue weighted by Gasteiger charge is 2.21. The van der Waals surface area contributed by atoms with Crippen molar-refractivity contribution in [2.24, 2.45) is 5.92 Å². The van der Waals surface area contributed by atoms with Crippen LogP contribution in [-0.2, 0) is 0 Å². The lowest BCUT2D eigenvalue weighted by molar-refractivity contribution is 0.206. The number of hydrogen-bond acceptors (Lipinski definition) is 2. The summed E-state index contributed by atoms with van der Waals surface area (Å²) in [5, 5.41) is 3.06. The smallest absolute Gasteiger partial charge is 0.321 e. The lowest BCUT2D eigenvalue weighted by atomic mass is 9.83. The molecule has 0 radical (unpaired) electrons. The number of nitrogens with zero attached hydrogens (tertiary/aromatic N) is 1. The van der Waals surface area contributed by atoms with E-state index in [0.717, 1.165) is 54.8 Å². The molecule has 0 aliphatic rings. The van der Waals surface area contributed by atoms with Gasteiger partial charge in [0, 0.05) is 29.9 Å². The van der Waals surface area contributed by atoms with Crippen LogP contribution in [0.3, 0.4) is 0 Å². The number of urea groups is 1. The van der Waals surface area contributed by atoms with Crippen molar-refractivity contribution in [3.8, 4) is 17.6 Å². The lowest BCUT2D eigenvalue weighted by Crippen LogP contribution is -2.37. The van der Waals surface area contributed by atoms with Crippen molar-refractivity contribution in [2.75, 3.05) is 25.5 Å². The molecule has 0 saturated heterocycles. The molecule has 0 bridgehead atoms. The Labute approximate surface area is 223 Å². The Balaban J connectivity index is 1.69. The number of methoxy groups -OCH3 is 1. The fraction of sp³-hybridized carbons (Fsp3) is 0.364. The molecule has 3 aromatic rings. The first-order valence-electron chi connectivity index (χ1n) is 13.4. The van der Waals surface area contributed by atoms with E-state index < -0.39 is 0 Å². The van der Waals surface area contributed by atoms with Gasteiger partial charge in [-0.25, -0.2) is 4.79 Å². The third-order valence-electron chi connectivity index (χ3n) is 6.91. The van der Waals surface area contributed by atoms with Crippen LogP contribution < -0.4 is 10.1 Å². The molecule has 1 unspecified atom stereocenters. The maximum Gasteiger partial charge on any atom is 0.321 e. The Kier molecular flexibility index (Phi) is 11.1. The normalized spacial score (nSPS) is 12.1. The SMILES string of the molecule is CCCCN(CC[C@@H](c1ccc(C#Cc2ccccc2)cc1)C(C)CC)C(=O)Nc1ccc(OC)cc1. The lowest BCUT2D eigenvalue weighted by Gasteiger charge is -2.28. The number of carbonyl (C=O) groups excluding carboxylic acids is 1. The number of benzene rings is 3. The van der Waals surface area contributed by atoms with Crippen LogP contribution in [-0.4, -0.2) is 31.1 Å². The zero-order chi connectivity index (χ0) is 26.5. The van der Waals surface area contributed by atoms with Gasteiger partial charge in [0.1, 0.15) is 5.75 Å². The molecule has 4 heteroatoms. The average Bonchev–Trinajstić information content (AvgIpc) is 2.94. The zero-order valence-corrected chi connectivity index (χ0v) is 22.7. The van der Waals surface area contributed by atoms with Crippen molar-refractivity contribution >= 4 is 11.7 Å². The quantitative estimate of drug-likeness (QED) is 0.274. The molecule has 3 aromatic carbocycles. The van der Waals surface area contributed by atoms with Crippen LogP contribution in [0.2, 0.25) is 0 Å². The van der Waals surface area contributed by atoms with Crippen LogP contribution in [0.1, 0.15) is 69.1 Å². The summed E-state index contributed by atoms with van der Waals surface area (Å²) in [4.78, 5) is 15.1. The topological polar surface area (TPSA) is 41.6 Å². The van der Waals surface area contributed by atoms with Gasteiger partial charge in [-0.15, -0.1) is 0 Å². The van der Waals surface area contributed by atoms with E-state index in [2.05, 4.69) is 62.2 Å². The average molecular weight is 497 g/mol. The summed E-state index contributed by atoms with van der Waals surface area (Å²) in [6.07, 6.45) is 4.04. The Morgan fingerprint density at radius 3 is 2.14 bits per heavy atom. The molecule has 0 aromatic heterocycles. The molecule has 0 aliphatic carbocycles. The number of carbonyl (C=O) groups is 1. The van der Waals surface area contributed by atoms with Gasteiger partial charge in [0.15, 0.2) is 0 Å². The van der Waals surface area contributed by atoms with Crippen LogP contribution in [0.15, 0.2) is 78.9 Å². The minimum absolute atomic E-state index is 0.0481. The fourth-order valence-corrected chi connectivity index (χ4v) is 4.38. The molecule has 3 rings (SSSR count). The molecule has 0 spiro atoms. The van der Waals surface area contributed by atoms with E-state index in [-0.39, 0.29) is 6.03 Å². The van der Waals surface area contributed by atoms with Gasteiger partial charge in [-0.3, -0.25) is 0 Å². The van der Waals surface area contributed by atoms with Gasteiger partial charge in [-0.2, -0.15) is 0 Å². The summed E-state index contributed by atoms with van der Waals surface area (Å²) in [6, 6.07) is 26.1. The highest BCUT2D eigenvalue weighted by Crippen LogP contribution is 2.31. The zero-order valence-electron chi connectivity index (χ0n) is 22.7. The standard InChI is InChI=1S/C33H40N2O2/c1-5-7-24-35(33(36)34-30-19-21-31(37-4)22-20-30)25-23-32(26(3)6-2)29-17-15-28(16-18-29)14-13-27-11-9-8-10-12-27/h8-12,15-22,26,32H,5-7,23-25H2,1-4H3,(H,34,36)/t26?,32-/m1/s1. The van der Waals surface area contributed by atoms with Gasteiger partial charge >= 0.3 is 6.03 Å². The van der Waals surface area contributed by atoms with Crippen LogP contribution in [0.4, 0.5) is 10.5 Å². The van der Waals surface area contributed by atoms with Crippen LogP contribution in [0.25, 0.3) is 0 Å². The molecule has 0 saturated carbocycles. The van der Waals surface area contributed by atoms with Gasteiger partial charge in [0.05, 0.1) is 7.11 Å². The van der Waals surface area contributed by atoms with E-state index in [1.807, 2.05) is 59.5 Å². The Morgan fingerprint density at radius 2 is 1.54 bits per heavy atom. The second-order valence-corrected chi connectivity index (χ2v) is 9.52. The Morgan fingerprint density at radius 1 is 0.892 bits per heavy atom. The maximum absolute atomic E-state index is 13.2. The van der Waals surface area contributed by atoms with Gasteiger partial charge in [0.25, 0.3) is 0 Å². The van der Waals surface area contributed by atoms with E-state index in [0.29, 0.717) is 18.4 Å². The molecule has 194 valence electrons. The second-order valence-electron chi connectivity index (χ2n) is 9.52. The predicted octanol–water partition coefficient (Wildman–Crippen LogP) is 7.95. The van der Waals surface area contributed by atoms with E-state index in [9.17, 15) is 4.79 Å². The highest BCUT2D eigenvalue weighted by molar-refractivity contribution is 5.89. The number of rotatable bonds is 11. The third-order valence-corrected chi connectivity index (χ3v) is 6.91. The summed E-state index contributed by atoms with van der Waals surface area (Å²) in [6.45, 7) is 8.17. The third kappa shape index (κ3) is 8.72. The molecule has 2 amide bonds. The minimum Gasteiger partial charge on any atom is -0.497 e. The minimum atomic E-state index is -0.0481. The first-order chi connectivity index (χ1) is 18.0. The number of amides is 2. The monoisotopic (exact) mass is 496 g/mol. The van der Waals surface area contributed by atoms with E-state index in [4.69, 9.17) is 4.74 Å². The molecule has 37 heavy (non-hydrogen) atoms. The summed E-state index contributed by atoms with van der Waals surface area (Å²) < 4.78 is 5.23. The van der Waals surface area contributed by atoms with E-state index in [1.165, 1.54) is 5.56 Å². The van der Waals surface area contributed by atoms with Crippen LogP contribution in [0.5, 0.6) is 5.75 Å². The number of unbranched alkanes of at least 4 members (excludes halogenated alkanes) is 1. The van der Waals surface area contributed by atoms with Gasteiger partial charge in [-0.1, -0.05) is 75.8 Å². The number of nitrogens with one attached hydrogen (secondary N) is 1. The predicted molar refractivity (Wildman–Crippen MR) is 154 cm³/mol. The number of hydrogen-bond donors (Lipinski definition) is 1. The van der Waals surface area contributed by atoms with Crippen LogP contribution in [0, 0.1) is 17.8 Å². The number of ether oxygens (including phenoxy) is 1. The van der Waals surface area contributed by atoms with E-state index in [1.54, 1.807) is 7.11 Å². The van der Waals surface area contributed by atoms with Crippen molar-refractivity contribution in [3.05, 3.63) is 95.6 Å². The Hall–Kier alpha value is -3.71.